The summed E-state index contributed by atoms with van der Waals surface area (Å²) >= 11 is 0. The Kier molecular flexibility index (Phi) is 1.74. The van der Waals surface area contributed by atoms with Crippen molar-refractivity contribution in [3.05, 3.63) is 11.1 Å². The highest BCUT2D eigenvalue weighted by atomic mass is 16.2. The van der Waals surface area contributed by atoms with Gasteiger partial charge in [-0.3, -0.25) is 24.3 Å². The molecule has 3 aliphatic rings. The number of carbonyl (C=O) groups excluding carboxylic acids is 3. The molecule has 6 nitrogen and oxygen atoms in total. The maximum atomic E-state index is 11.7. The van der Waals surface area contributed by atoms with Gasteiger partial charge in [0.1, 0.15) is 5.84 Å². The standard InChI is InChI=1S/C10H9N3O3/c14-7-6-5(1-2-12-9(6)15)8-11-3-4-13(8)10(7)16/h1-4H2,(H,12,15). The summed E-state index contributed by atoms with van der Waals surface area (Å²) in [6.45, 7) is 1.44. The minimum Gasteiger partial charge on any atom is -0.352 e. The Morgan fingerprint density at radius 3 is 2.88 bits per heavy atom. The molecule has 0 atom stereocenters. The van der Waals surface area contributed by atoms with E-state index >= 15 is 0 Å². The lowest BCUT2D eigenvalue weighted by molar-refractivity contribution is -0.141. The van der Waals surface area contributed by atoms with Gasteiger partial charge in [-0.15, -0.1) is 0 Å². The molecule has 0 aliphatic carbocycles. The topological polar surface area (TPSA) is 78.8 Å². The molecule has 1 N–H and O–H groups in total. The van der Waals surface area contributed by atoms with E-state index < -0.39 is 17.6 Å². The van der Waals surface area contributed by atoms with E-state index in [0.717, 1.165) is 0 Å². The lowest BCUT2D eigenvalue weighted by atomic mass is 9.92. The number of nitrogens with zero attached hydrogens (tertiary/aromatic N) is 2. The SMILES string of the molecule is O=C1NCCC2=C1C(=O)C(=O)N1CCN=C21. The number of rotatable bonds is 0. The molecular formula is C10H9N3O3. The van der Waals surface area contributed by atoms with E-state index in [4.69, 9.17) is 0 Å². The van der Waals surface area contributed by atoms with Crippen molar-refractivity contribution in [1.82, 2.24) is 10.2 Å². The highest BCUT2D eigenvalue weighted by molar-refractivity contribution is 6.54. The molecule has 16 heavy (non-hydrogen) atoms. The lowest BCUT2D eigenvalue weighted by Crippen LogP contribution is -2.50. The van der Waals surface area contributed by atoms with Crippen molar-refractivity contribution in [3.8, 4) is 0 Å². The first-order valence-electron chi connectivity index (χ1n) is 5.12. The van der Waals surface area contributed by atoms with Gasteiger partial charge in [0.15, 0.2) is 0 Å². The minimum atomic E-state index is -0.701. The Morgan fingerprint density at radius 1 is 1.25 bits per heavy atom. The second kappa shape index (κ2) is 3.01. The number of aliphatic imine (C=N–C) groups is 1. The van der Waals surface area contributed by atoms with Crippen LogP contribution in [0.15, 0.2) is 16.1 Å². The summed E-state index contributed by atoms with van der Waals surface area (Å²) in [7, 11) is 0. The summed E-state index contributed by atoms with van der Waals surface area (Å²) in [5.74, 6) is -1.26. The van der Waals surface area contributed by atoms with Gasteiger partial charge in [-0.1, -0.05) is 0 Å². The van der Waals surface area contributed by atoms with Crippen molar-refractivity contribution < 1.29 is 14.4 Å². The zero-order valence-electron chi connectivity index (χ0n) is 8.45. The maximum Gasteiger partial charge on any atom is 0.300 e. The van der Waals surface area contributed by atoms with Crippen LogP contribution in [0.5, 0.6) is 0 Å². The highest BCUT2D eigenvalue weighted by Gasteiger charge is 2.43. The Morgan fingerprint density at radius 2 is 2.06 bits per heavy atom. The van der Waals surface area contributed by atoms with Crippen molar-refractivity contribution >= 4 is 23.4 Å². The molecule has 0 unspecified atom stereocenters. The highest BCUT2D eigenvalue weighted by Crippen LogP contribution is 2.26. The van der Waals surface area contributed by atoms with Gasteiger partial charge < -0.3 is 5.32 Å². The van der Waals surface area contributed by atoms with Crippen LogP contribution >= 0.6 is 0 Å². The largest absolute Gasteiger partial charge is 0.352 e. The summed E-state index contributed by atoms with van der Waals surface area (Å²) in [6.07, 6.45) is 0.565. The summed E-state index contributed by atoms with van der Waals surface area (Å²) in [5.41, 5.74) is 0.624. The van der Waals surface area contributed by atoms with Crippen LogP contribution in [0.1, 0.15) is 6.42 Å². The predicted molar refractivity (Wildman–Crippen MR) is 53.7 cm³/mol. The summed E-state index contributed by atoms with van der Waals surface area (Å²) < 4.78 is 0. The van der Waals surface area contributed by atoms with Crippen molar-refractivity contribution in [3.63, 3.8) is 0 Å². The Balaban J connectivity index is 2.21. The van der Waals surface area contributed by atoms with E-state index in [1.165, 1.54) is 4.90 Å². The van der Waals surface area contributed by atoms with Gasteiger partial charge in [0.25, 0.3) is 11.7 Å². The second-order valence-electron chi connectivity index (χ2n) is 3.85. The van der Waals surface area contributed by atoms with E-state index in [1.54, 1.807) is 0 Å². The number of fused-ring (bicyclic) bond motifs is 2. The van der Waals surface area contributed by atoms with Crippen LogP contribution < -0.4 is 5.32 Å². The molecule has 0 aromatic heterocycles. The maximum absolute atomic E-state index is 11.7. The molecule has 0 aromatic rings. The van der Waals surface area contributed by atoms with Crippen LogP contribution in [0.25, 0.3) is 0 Å². The van der Waals surface area contributed by atoms with E-state index in [2.05, 4.69) is 10.3 Å². The Labute approximate surface area is 91.0 Å². The fourth-order valence-corrected chi connectivity index (χ4v) is 2.25. The molecule has 0 bridgehead atoms. The van der Waals surface area contributed by atoms with Crippen LogP contribution in [-0.2, 0) is 14.4 Å². The van der Waals surface area contributed by atoms with E-state index in [1.807, 2.05) is 0 Å². The molecule has 0 saturated carbocycles. The van der Waals surface area contributed by atoms with Crippen molar-refractivity contribution in [2.45, 2.75) is 6.42 Å². The monoisotopic (exact) mass is 219 g/mol. The third kappa shape index (κ3) is 1.01. The number of Topliss-reactive ketones (excluding diaryl/α,β-unsaturated/α-hetero) is 1. The molecule has 82 valence electrons. The molecule has 0 aromatic carbocycles. The van der Waals surface area contributed by atoms with E-state index in [0.29, 0.717) is 37.5 Å². The van der Waals surface area contributed by atoms with Gasteiger partial charge in [-0.25, -0.2) is 0 Å². The van der Waals surface area contributed by atoms with Gasteiger partial charge in [0.05, 0.1) is 12.1 Å². The van der Waals surface area contributed by atoms with E-state index in [9.17, 15) is 14.4 Å². The third-order valence-corrected chi connectivity index (χ3v) is 2.97. The zero-order chi connectivity index (χ0) is 11.3. The van der Waals surface area contributed by atoms with Gasteiger partial charge in [-0.2, -0.15) is 0 Å². The van der Waals surface area contributed by atoms with Crippen molar-refractivity contribution in [1.29, 1.82) is 0 Å². The fourth-order valence-electron chi connectivity index (χ4n) is 2.25. The van der Waals surface area contributed by atoms with Gasteiger partial charge >= 0.3 is 5.91 Å². The third-order valence-electron chi connectivity index (χ3n) is 2.97. The number of nitrogens with one attached hydrogen (secondary N) is 1. The Bertz CT molecular complexity index is 490. The molecule has 0 saturated heterocycles. The number of carbonyl (C=O) groups is 3. The second-order valence-corrected chi connectivity index (χ2v) is 3.85. The van der Waals surface area contributed by atoms with Crippen molar-refractivity contribution in [2.24, 2.45) is 4.99 Å². The molecule has 3 rings (SSSR count). The van der Waals surface area contributed by atoms with Gasteiger partial charge in [0.2, 0.25) is 0 Å². The first-order valence-corrected chi connectivity index (χ1v) is 5.12. The number of hydrogen-bond acceptors (Lipinski definition) is 4. The van der Waals surface area contributed by atoms with Crippen molar-refractivity contribution in [2.75, 3.05) is 19.6 Å². The summed E-state index contributed by atoms with van der Waals surface area (Å²) in [5, 5.41) is 2.57. The summed E-state index contributed by atoms with van der Waals surface area (Å²) in [6, 6.07) is 0. The van der Waals surface area contributed by atoms with Gasteiger partial charge in [0, 0.05) is 18.7 Å². The molecule has 3 aliphatic heterocycles. The molecule has 3 heterocycles. The zero-order valence-corrected chi connectivity index (χ0v) is 8.45. The number of amides is 2. The quantitative estimate of drug-likeness (QED) is 0.403. The average Bonchev–Trinajstić information content (AvgIpc) is 2.74. The average molecular weight is 219 g/mol. The first-order chi connectivity index (χ1) is 7.70. The lowest BCUT2D eigenvalue weighted by Gasteiger charge is -2.29. The van der Waals surface area contributed by atoms with Crippen LogP contribution in [0.3, 0.4) is 0 Å². The molecule has 0 fully saturated rings. The first kappa shape index (κ1) is 9.26. The normalized spacial score (nSPS) is 24.1. The van der Waals surface area contributed by atoms with E-state index in [-0.39, 0.29) is 5.57 Å². The molecule has 6 heteroatoms. The molecule has 0 radical (unpaired) electrons. The summed E-state index contributed by atoms with van der Waals surface area (Å²) in [4.78, 5) is 40.6. The fraction of sp³-hybridized carbons (Fsp3) is 0.400. The van der Waals surface area contributed by atoms with Crippen LogP contribution in [0, 0.1) is 0 Å². The van der Waals surface area contributed by atoms with Crippen LogP contribution in [-0.4, -0.2) is 48.0 Å². The Hall–Kier alpha value is -1.98. The number of hydrogen-bond donors (Lipinski definition) is 1. The van der Waals surface area contributed by atoms with Crippen LogP contribution in [0.4, 0.5) is 0 Å². The molecular weight excluding hydrogens is 210 g/mol. The predicted octanol–water partition coefficient (Wildman–Crippen LogP) is -1.37. The molecule has 0 spiro atoms. The molecule has 2 amide bonds. The number of ketones is 1. The minimum absolute atomic E-state index is 0.00634. The smallest absolute Gasteiger partial charge is 0.300 e. The van der Waals surface area contributed by atoms with Gasteiger partial charge in [-0.05, 0) is 6.42 Å². The van der Waals surface area contributed by atoms with Crippen LogP contribution in [0.2, 0.25) is 0 Å². The number of amidine groups is 1.